The third-order valence-electron chi connectivity index (χ3n) is 4.59. The number of rotatable bonds is 7. The van der Waals surface area contributed by atoms with Crippen molar-refractivity contribution in [2.75, 3.05) is 18.5 Å². The van der Waals surface area contributed by atoms with Crippen LogP contribution in [0, 0.1) is 0 Å². The Kier molecular flexibility index (Phi) is 6.58. The van der Waals surface area contributed by atoms with Crippen LogP contribution in [-0.4, -0.2) is 25.4 Å². The van der Waals surface area contributed by atoms with Crippen LogP contribution in [0.3, 0.4) is 0 Å². The first-order chi connectivity index (χ1) is 13.6. The molecule has 3 aromatic rings. The fraction of sp³-hybridized carbons (Fsp3) is 0.167. The molecular weight excluding hydrogens is 348 g/mol. The Labute approximate surface area is 165 Å². The molecule has 0 unspecified atom stereocenters. The summed E-state index contributed by atoms with van der Waals surface area (Å²) in [5.41, 5.74) is 3.05. The van der Waals surface area contributed by atoms with Crippen molar-refractivity contribution in [1.82, 2.24) is 5.32 Å². The number of hydrogen-bond donors (Lipinski definition) is 1. The third kappa shape index (κ3) is 5.07. The first-order valence-electron chi connectivity index (χ1n) is 9.40. The quantitative estimate of drug-likeness (QED) is 0.628. The summed E-state index contributed by atoms with van der Waals surface area (Å²) in [6.07, 6.45) is 1.78. The lowest BCUT2D eigenvalue weighted by Gasteiger charge is -2.17. The molecule has 0 aromatic heterocycles. The van der Waals surface area contributed by atoms with Crippen LogP contribution in [0.25, 0.3) is 0 Å². The van der Waals surface area contributed by atoms with Gasteiger partial charge in [-0.3, -0.25) is 9.59 Å². The summed E-state index contributed by atoms with van der Waals surface area (Å²) >= 11 is 0. The number of nitrogens with zero attached hydrogens (tertiary/aromatic N) is 1. The van der Waals surface area contributed by atoms with Crippen LogP contribution in [0.15, 0.2) is 84.9 Å². The number of benzene rings is 3. The fourth-order valence-corrected chi connectivity index (χ4v) is 3.00. The number of para-hydroxylation sites is 1. The van der Waals surface area contributed by atoms with E-state index in [1.165, 1.54) is 5.56 Å². The molecule has 0 spiro atoms. The molecule has 4 nitrogen and oxygen atoms in total. The minimum absolute atomic E-state index is 0.148. The lowest BCUT2D eigenvalue weighted by Crippen LogP contribution is -2.27. The Balaban J connectivity index is 1.57. The van der Waals surface area contributed by atoms with Crippen LogP contribution in [0.1, 0.15) is 32.7 Å². The first kappa shape index (κ1) is 19.4. The maximum atomic E-state index is 12.7. The fourth-order valence-electron chi connectivity index (χ4n) is 3.00. The molecule has 28 heavy (non-hydrogen) atoms. The average molecular weight is 372 g/mol. The van der Waals surface area contributed by atoms with Gasteiger partial charge in [0.1, 0.15) is 0 Å². The van der Waals surface area contributed by atoms with Crippen LogP contribution in [0.4, 0.5) is 5.69 Å². The van der Waals surface area contributed by atoms with Crippen LogP contribution in [0.5, 0.6) is 0 Å². The highest BCUT2D eigenvalue weighted by Gasteiger charge is 2.15. The van der Waals surface area contributed by atoms with Gasteiger partial charge in [0.15, 0.2) is 0 Å². The minimum Gasteiger partial charge on any atom is -0.352 e. The summed E-state index contributed by atoms with van der Waals surface area (Å²) < 4.78 is 0. The Morgan fingerprint density at radius 2 is 1.46 bits per heavy atom. The molecule has 0 saturated carbocycles. The van der Waals surface area contributed by atoms with Gasteiger partial charge in [-0.2, -0.15) is 0 Å². The normalized spacial score (nSPS) is 10.3. The topological polar surface area (TPSA) is 49.4 Å². The van der Waals surface area contributed by atoms with Crippen molar-refractivity contribution in [2.45, 2.75) is 12.8 Å². The van der Waals surface area contributed by atoms with Gasteiger partial charge in [-0.15, -0.1) is 0 Å². The Bertz CT molecular complexity index is 924. The number of amides is 2. The van der Waals surface area contributed by atoms with Crippen molar-refractivity contribution in [2.24, 2.45) is 0 Å². The number of nitrogens with one attached hydrogen (secondary N) is 1. The highest BCUT2D eigenvalue weighted by molar-refractivity contribution is 6.07. The summed E-state index contributed by atoms with van der Waals surface area (Å²) in [6.45, 7) is 0.593. The van der Waals surface area contributed by atoms with Crippen molar-refractivity contribution < 1.29 is 9.59 Å². The van der Waals surface area contributed by atoms with E-state index in [2.05, 4.69) is 17.4 Å². The van der Waals surface area contributed by atoms with E-state index in [1.54, 1.807) is 36.2 Å². The second kappa shape index (κ2) is 9.51. The van der Waals surface area contributed by atoms with E-state index in [4.69, 9.17) is 0 Å². The van der Waals surface area contributed by atoms with Crippen LogP contribution < -0.4 is 10.2 Å². The summed E-state index contributed by atoms with van der Waals surface area (Å²) in [4.78, 5) is 26.7. The van der Waals surface area contributed by atoms with Gasteiger partial charge in [0.2, 0.25) is 0 Å². The van der Waals surface area contributed by atoms with Crippen molar-refractivity contribution in [3.05, 3.63) is 102 Å². The second-order valence-corrected chi connectivity index (χ2v) is 6.63. The number of carbonyl (C=O) groups excluding carboxylic acids is 2. The van der Waals surface area contributed by atoms with Gasteiger partial charge >= 0.3 is 0 Å². The predicted molar refractivity (Wildman–Crippen MR) is 113 cm³/mol. The van der Waals surface area contributed by atoms with Gasteiger partial charge in [0.05, 0.1) is 0 Å². The van der Waals surface area contributed by atoms with Crippen molar-refractivity contribution >= 4 is 17.5 Å². The maximum Gasteiger partial charge on any atom is 0.258 e. The smallest absolute Gasteiger partial charge is 0.258 e. The zero-order valence-corrected chi connectivity index (χ0v) is 16.0. The molecule has 0 bridgehead atoms. The number of carbonyl (C=O) groups is 2. The molecule has 0 radical (unpaired) electrons. The largest absolute Gasteiger partial charge is 0.352 e. The molecular formula is C24H24N2O2. The molecule has 1 N–H and O–H groups in total. The average Bonchev–Trinajstić information content (AvgIpc) is 2.77. The van der Waals surface area contributed by atoms with Gasteiger partial charge in [0.25, 0.3) is 11.8 Å². The summed E-state index contributed by atoms with van der Waals surface area (Å²) in [5.74, 6) is -0.310. The van der Waals surface area contributed by atoms with Gasteiger partial charge < -0.3 is 10.2 Å². The molecule has 142 valence electrons. The highest BCUT2D eigenvalue weighted by atomic mass is 16.2. The van der Waals surface area contributed by atoms with Gasteiger partial charge in [-0.1, -0.05) is 54.6 Å². The van der Waals surface area contributed by atoms with E-state index >= 15 is 0 Å². The summed E-state index contributed by atoms with van der Waals surface area (Å²) in [7, 11) is 1.73. The van der Waals surface area contributed by atoms with E-state index in [1.807, 2.05) is 48.5 Å². The molecule has 0 aliphatic carbocycles. The third-order valence-corrected chi connectivity index (χ3v) is 4.59. The number of anilines is 1. The van der Waals surface area contributed by atoms with Gasteiger partial charge in [-0.25, -0.2) is 0 Å². The predicted octanol–water partition coefficient (Wildman–Crippen LogP) is 4.33. The molecule has 0 aliphatic heterocycles. The van der Waals surface area contributed by atoms with Crippen molar-refractivity contribution in [3.63, 3.8) is 0 Å². The molecule has 0 aliphatic rings. The van der Waals surface area contributed by atoms with E-state index in [0.29, 0.717) is 17.7 Å². The van der Waals surface area contributed by atoms with Gasteiger partial charge in [0, 0.05) is 30.4 Å². The van der Waals surface area contributed by atoms with Crippen LogP contribution >= 0.6 is 0 Å². The van der Waals surface area contributed by atoms with Crippen molar-refractivity contribution in [3.8, 4) is 0 Å². The Morgan fingerprint density at radius 3 is 2.18 bits per heavy atom. The van der Waals surface area contributed by atoms with E-state index in [0.717, 1.165) is 18.5 Å². The standard InChI is InChI=1S/C24H24N2O2/c1-26(22-15-6-3-7-16-22)24(28)21-14-8-13-20(18-21)23(27)25-17-9-12-19-10-4-2-5-11-19/h2-8,10-11,13-16,18H,9,12,17H2,1H3,(H,25,27). The van der Waals surface area contributed by atoms with E-state index in [-0.39, 0.29) is 11.8 Å². The molecule has 3 rings (SSSR count). The lowest BCUT2D eigenvalue weighted by atomic mass is 10.1. The van der Waals surface area contributed by atoms with Crippen LogP contribution in [-0.2, 0) is 6.42 Å². The first-order valence-corrected chi connectivity index (χ1v) is 9.40. The SMILES string of the molecule is CN(C(=O)c1cccc(C(=O)NCCCc2ccccc2)c1)c1ccccc1. The maximum absolute atomic E-state index is 12.7. The van der Waals surface area contributed by atoms with Gasteiger partial charge in [-0.05, 0) is 48.7 Å². The summed E-state index contributed by atoms with van der Waals surface area (Å²) in [5, 5.41) is 2.93. The molecule has 0 fully saturated rings. The summed E-state index contributed by atoms with van der Waals surface area (Å²) in [6, 6.07) is 26.5. The second-order valence-electron chi connectivity index (χ2n) is 6.63. The van der Waals surface area contributed by atoms with Crippen molar-refractivity contribution in [1.29, 1.82) is 0 Å². The van der Waals surface area contributed by atoms with Crippen LogP contribution in [0.2, 0.25) is 0 Å². The minimum atomic E-state index is -0.162. The lowest BCUT2D eigenvalue weighted by molar-refractivity contribution is 0.0953. The Morgan fingerprint density at radius 1 is 0.821 bits per heavy atom. The van der Waals surface area contributed by atoms with E-state index < -0.39 is 0 Å². The molecule has 2 amide bonds. The molecule has 3 aromatic carbocycles. The molecule has 0 heterocycles. The monoisotopic (exact) mass is 372 g/mol. The Hall–Kier alpha value is -3.40. The zero-order valence-electron chi connectivity index (χ0n) is 16.0. The highest BCUT2D eigenvalue weighted by Crippen LogP contribution is 2.15. The molecule has 0 atom stereocenters. The molecule has 0 saturated heterocycles. The number of aryl methyl sites for hydroxylation is 1. The number of hydrogen-bond acceptors (Lipinski definition) is 2. The zero-order chi connectivity index (χ0) is 19.8. The van der Waals surface area contributed by atoms with E-state index in [9.17, 15) is 9.59 Å². The molecule has 4 heteroatoms.